The smallest absolute Gasteiger partial charge is 0.317 e. The van der Waals surface area contributed by atoms with Crippen LogP contribution in [0.3, 0.4) is 0 Å². The summed E-state index contributed by atoms with van der Waals surface area (Å²) in [6.45, 7) is 5.16. The number of amides is 3. The van der Waals surface area contributed by atoms with Gasteiger partial charge in [-0.05, 0) is 18.8 Å². The van der Waals surface area contributed by atoms with Gasteiger partial charge in [-0.15, -0.1) is 0 Å². The molecule has 0 aromatic heterocycles. The Labute approximate surface area is 125 Å². The average molecular weight is 299 g/mol. The molecule has 1 fully saturated rings. The van der Waals surface area contributed by atoms with Crippen molar-refractivity contribution in [2.45, 2.75) is 26.7 Å². The predicted octanol–water partition coefficient (Wildman–Crippen LogP) is 0.607. The number of carboxylic acid groups (broad SMARTS) is 1. The molecule has 21 heavy (non-hydrogen) atoms. The molecule has 3 amide bonds. The summed E-state index contributed by atoms with van der Waals surface area (Å²) in [6.07, 6.45) is 1.24. The Morgan fingerprint density at radius 2 is 2.00 bits per heavy atom. The van der Waals surface area contributed by atoms with Crippen LogP contribution in [0.2, 0.25) is 0 Å². The number of likely N-dealkylation sites (N-methyl/N-ethyl adjacent to an activating group) is 1. The maximum atomic E-state index is 12.1. The molecule has 7 nitrogen and oxygen atoms in total. The molecule has 7 heteroatoms. The number of carbonyl (C=O) groups excluding carboxylic acids is 2. The highest BCUT2D eigenvalue weighted by Gasteiger charge is 2.25. The van der Waals surface area contributed by atoms with Gasteiger partial charge >= 0.3 is 12.0 Å². The van der Waals surface area contributed by atoms with Gasteiger partial charge in [0.15, 0.2) is 0 Å². The number of urea groups is 1. The highest BCUT2D eigenvalue weighted by Crippen LogP contribution is 2.11. The quantitative estimate of drug-likeness (QED) is 0.778. The first-order chi connectivity index (χ1) is 9.81. The van der Waals surface area contributed by atoms with Crippen molar-refractivity contribution in [3.8, 4) is 0 Å². The van der Waals surface area contributed by atoms with Crippen molar-refractivity contribution in [3.05, 3.63) is 0 Å². The molecule has 2 N–H and O–H groups in total. The van der Waals surface area contributed by atoms with E-state index >= 15 is 0 Å². The van der Waals surface area contributed by atoms with Gasteiger partial charge < -0.3 is 20.2 Å². The Morgan fingerprint density at radius 3 is 2.57 bits per heavy atom. The van der Waals surface area contributed by atoms with Gasteiger partial charge in [-0.1, -0.05) is 13.8 Å². The standard InChI is InChI=1S/C14H25N3O4/c1-10(2)7-11(13(19)20)8-15-14(21)17-6-4-5-16(3)12(18)9-17/h10-11H,4-9H2,1-3H3,(H,15,21)(H,19,20). The number of carboxylic acids is 1. The number of hydrogen-bond acceptors (Lipinski definition) is 3. The molecule has 1 rings (SSSR count). The van der Waals surface area contributed by atoms with Gasteiger partial charge in [0.1, 0.15) is 6.54 Å². The lowest BCUT2D eigenvalue weighted by Gasteiger charge is -2.22. The molecule has 120 valence electrons. The van der Waals surface area contributed by atoms with Crippen LogP contribution in [0.15, 0.2) is 0 Å². The topological polar surface area (TPSA) is 90.0 Å². The zero-order valence-electron chi connectivity index (χ0n) is 13.0. The third kappa shape index (κ3) is 5.61. The van der Waals surface area contributed by atoms with Gasteiger partial charge in [-0.25, -0.2) is 4.79 Å². The lowest BCUT2D eigenvalue weighted by atomic mass is 9.97. The van der Waals surface area contributed by atoms with E-state index in [4.69, 9.17) is 5.11 Å². The molecule has 0 bridgehead atoms. The number of carbonyl (C=O) groups is 3. The average Bonchev–Trinajstić information content (AvgIpc) is 2.56. The van der Waals surface area contributed by atoms with Crippen LogP contribution in [-0.2, 0) is 9.59 Å². The molecule has 0 aromatic rings. The van der Waals surface area contributed by atoms with Crippen molar-refractivity contribution in [2.24, 2.45) is 11.8 Å². The van der Waals surface area contributed by atoms with Crippen LogP contribution in [0, 0.1) is 11.8 Å². The van der Waals surface area contributed by atoms with Gasteiger partial charge in [-0.2, -0.15) is 0 Å². The maximum Gasteiger partial charge on any atom is 0.317 e. The number of hydrogen-bond donors (Lipinski definition) is 2. The fourth-order valence-corrected chi connectivity index (χ4v) is 2.32. The van der Waals surface area contributed by atoms with E-state index in [1.807, 2.05) is 13.8 Å². The summed E-state index contributed by atoms with van der Waals surface area (Å²) in [6, 6.07) is -0.367. The van der Waals surface area contributed by atoms with Gasteiger partial charge in [-0.3, -0.25) is 9.59 Å². The first kappa shape index (κ1) is 17.3. The third-order valence-corrected chi connectivity index (χ3v) is 3.57. The molecule has 1 aliphatic heterocycles. The Hall–Kier alpha value is -1.79. The Balaban J connectivity index is 2.51. The van der Waals surface area contributed by atoms with Gasteiger partial charge in [0.05, 0.1) is 5.92 Å². The van der Waals surface area contributed by atoms with Crippen molar-refractivity contribution < 1.29 is 19.5 Å². The summed E-state index contributed by atoms with van der Waals surface area (Å²) in [5, 5.41) is 11.8. The van der Waals surface area contributed by atoms with Crippen LogP contribution in [-0.4, -0.2) is 66.0 Å². The molecule has 0 aliphatic carbocycles. The Morgan fingerprint density at radius 1 is 1.33 bits per heavy atom. The fraction of sp³-hybridized carbons (Fsp3) is 0.786. The van der Waals surface area contributed by atoms with Crippen molar-refractivity contribution >= 4 is 17.9 Å². The van der Waals surface area contributed by atoms with E-state index in [2.05, 4.69) is 5.32 Å². The van der Waals surface area contributed by atoms with Crippen LogP contribution in [0.5, 0.6) is 0 Å². The molecule has 1 heterocycles. The van der Waals surface area contributed by atoms with E-state index in [9.17, 15) is 14.4 Å². The minimum atomic E-state index is -0.907. The highest BCUT2D eigenvalue weighted by atomic mass is 16.4. The molecular weight excluding hydrogens is 274 g/mol. The van der Waals surface area contributed by atoms with E-state index in [1.165, 1.54) is 4.90 Å². The molecule has 1 atom stereocenters. The van der Waals surface area contributed by atoms with Crippen LogP contribution in [0.4, 0.5) is 4.79 Å². The zero-order chi connectivity index (χ0) is 16.0. The monoisotopic (exact) mass is 299 g/mol. The van der Waals surface area contributed by atoms with E-state index in [0.717, 1.165) is 6.42 Å². The lowest BCUT2D eigenvalue weighted by molar-refractivity contribution is -0.142. The van der Waals surface area contributed by atoms with E-state index in [-0.39, 0.29) is 30.9 Å². The van der Waals surface area contributed by atoms with E-state index in [0.29, 0.717) is 19.5 Å². The second-order valence-corrected chi connectivity index (χ2v) is 5.94. The fourth-order valence-electron chi connectivity index (χ4n) is 2.32. The molecule has 1 unspecified atom stereocenters. The molecule has 0 saturated carbocycles. The predicted molar refractivity (Wildman–Crippen MR) is 77.8 cm³/mol. The summed E-state index contributed by atoms with van der Waals surface area (Å²) in [7, 11) is 1.72. The normalized spacial score (nSPS) is 17.6. The van der Waals surface area contributed by atoms with E-state index < -0.39 is 11.9 Å². The minimum Gasteiger partial charge on any atom is -0.481 e. The van der Waals surface area contributed by atoms with Crippen LogP contribution < -0.4 is 5.32 Å². The summed E-state index contributed by atoms with van der Waals surface area (Å²) < 4.78 is 0. The molecular formula is C14H25N3O4. The van der Waals surface area contributed by atoms with Crippen molar-refractivity contribution in [3.63, 3.8) is 0 Å². The largest absolute Gasteiger partial charge is 0.481 e. The van der Waals surface area contributed by atoms with Crippen molar-refractivity contribution in [1.82, 2.24) is 15.1 Å². The summed E-state index contributed by atoms with van der Waals surface area (Å²) in [4.78, 5) is 38.0. The Bertz CT molecular complexity index is 398. The highest BCUT2D eigenvalue weighted by molar-refractivity contribution is 5.84. The van der Waals surface area contributed by atoms with Gasteiger partial charge in [0, 0.05) is 26.7 Å². The third-order valence-electron chi connectivity index (χ3n) is 3.57. The number of nitrogens with zero attached hydrogens (tertiary/aromatic N) is 2. The summed E-state index contributed by atoms with van der Waals surface area (Å²) in [5.74, 6) is -1.36. The summed E-state index contributed by atoms with van der Waals surface area (Å²) >= 11 is 0. The first-order valence-electron chi connectivity index (χ1n) is 7.30. The molecule has 0 aromatic carbocycles. The number of nitrogens with one attached hydrogen (secondary N) is 1. The maximum absolute atomic E-state index is 12.1. The molecule has 0 radical (unpaired) electrons. The van der Waals surface area contributed by atoms with Crippen molar-refractivity contribution in [1.29, 1.82) is 0 Å². The zero-order valence-corrected chi connectivity index (χ0v) is 13.0. The van der Waals surface area contributed by atoms with Crippen LogP contribution >= 0.6 is 0 Å². The lowest BCUT2D eigenvalue weighted by Crippen LogP contribution is -2.45. The number of rotatable bonds is 5. The Kier molecular flexibility index (Phi) is 6.45. The second-order valence-electron chi connectivity index (χ2n) is 5.94. The van der Waals surface area contributed by atoms with Crippen LogP contribution in [0.1, 0.15) is 26.7 Å². The molecule has 1 aliphatic rings. The van der Waals surface area contributed by atoms with Gasteiger partial charge in [0.2, 0.25) is 5.91 Å². The second kappa shape index (κ2) is 7.85. The molecule has 1 saturated heterocycles. The number of aliphatic carboxylic acids is 1. The minimum absolute atomic E-state index is 0.0459. The first-order valence-corrected chi connectivity index (χ1v) is 7.30. The SMILES string of the molecule is CC(C)CC(CNC(=O)N1CCCN(C)C(=O)C1)C(=O)O. The van der Waals surface area contributed by atoms with Crippen LogP contribution in [0.25, 0.3) is 0 Å². The van der Waals surface area contributed by atoms with Gasteiger partial charge in [0.25, 0.3) is 0 Å². The van der Waals surface area contributed by atoms with E-state index in [1.54, 1.807) is 11.9 Å². The summed E-state index contributed by atoms with van der Waals surface area (Å²) in [5.41, 5.74) is 0. The van der Waals surface area contributed by atoms with Crippen molar-refractivity contribution in [2.75, 3.05) is 33.2 Å². The molecule has 0 spiro atoms.